The van der Waals surface area contributed by atoms with Gasteiger partial charge in [0.1, 0.15) is 0 Å². The number of hydrogen-bond donors (Lipinski definition) is 0. The Kier molecular flexibility index (Phi) is 4.77. The van der Waals surface area contributed by atoms with E-state index in [4.69, 9.17) is 4.74 Å². The highest BCUT2D eigenvalue weighted by Gasteiger charge is 2.54. The van der Waals surface area contributed by atoms with E-state index in [-0.39, 0.29) is 12.8 Å². The first-order valence-electron chi connectivity index (χ1n) is 5.97. The molecule has 0 aromatic rings. The Labute approximate surface area is 107 Å². The maximum atomic E-state index is 12.8. The minimum absolute atomic E-state index is 0.153. The van der Waals surface area contributed by atoms with Crippen LogP contribution in [0.15, 0.2) is 0 Å². The standard InChI is InChI=1S/C11H16F6O2/c1-3-9(4-2)6-18-7(10(12,13)14)5-8(19-9)11(15,16)17/h7-8H,3-6H2,1-2H3. The summed E-state index contributed by atoms with van der Waals surface area (Å²) in [4.78, 5) is 0. The molecule has 0 spiro atoms. The largest absolute Gasteiger partial charge is 0.414 e. The fraction of sp³-hybridized carbons (Fsp3) is 1.00. The highest BCUT2D eigenvalue weighted by Crippen LogP contribution is 2.39. The van der Waals surface area contributed by atoms with E-state index in [2.05, 4.69) is 4.74 Å². The lowest BCUT2D eigenvalue weighted by Gasteiger charge is -2.33. The zero-order chi connectivity index (χ0) is 14.9. The minimum Gasteiger partial charge on any atom is -0.366 e. The Morgan fingerprint density at radius 1 is 0.947 bits per heavy atom. The first-order valence-corrected chi connectivity index (χ1v) is 5.97. The molecule has 0 saturated carbocycles. The van der Waals surface area contributed by atoms with Crippen LogP contribution in [0.3, 0.4) is 0 Å². The van der Waals surface area contributed by atoms with Crippen molar-refractivity contribution in [2.45, 2.75) is 63.3 Å². The number of hydrogen-bond acceptors (Lipinski definition) is 2. The molecule has 2 atom stereocenters. The molecule has 0 bridgehead atoms. The third kappa shape index (κ3) is 3.98. The van der Waals surface area contributed by atoms with E-state index in [1.165, 1.54) is 0 Å². The molecule has 1 aliphatic heterocycles. The van der Waals surface area contributed by atoms with Gasteiger partial charge in [0.05, 0.1) is 12.2 Å². The summed E-state index contributed by atoms with van der Waals surface area (Å²) in [6.45, 7) is 2.64. The third-order valence-corrected chi connectivity index (χ3v) is 3.39. The Morgan fingerprint density at radius 2 is 1.42 bits per heavy atom. The second kappa shape index (κ2) is 5.47. The van der Waals surface area contributed by atoms with Gasteiger partial charge in [-0.1, -0.05) is 13.8 Å². The smallest absolute Gasteiger partial charge is 0.366 e. The first-order chi connectivity index (χ1) is 8.54. The predicted molar refractivity (Wildman–Crippen MR) is 54.7 cm³/mol. The topological polar surface area (TPSA) is 18.5 Å². The van der Waals surface area contributed by atoms with Gasteiger partial charge in [0.15, 0.2) is 12.2 Å². The van der Waals surface area contributed by atoms with Crippen molar-refractivity contribution < 1.29 is 35.8 Å². The monoisotopic (exact) mass is 294 g/mol. The van der Waals surface area contributed by atoms with Crippen LogP contribution >= 0.6 is 0 Å². The Bertz CT molecular complexity index is 295. The van der Waals surface area contributed by atoms with E-state index in [0.717, 1.165) is 0 Å². The molecule has 0 aliphatic carbocycles. The van der Waals surface area contributed by atoms with Crippen LogP contribution in [0.25, 0.3) is 0 Å². The summed E-state index contributed by atoms with van der Waals surface area (Å²) in [6.07, 6.45) is -15.5. The van der Waals surface area contributed by atoms with Gasteiger partial charge < -0.3 is 9.47 Å². The number of halogens is 6. The molecule has 2 nitrogen and oxygen atoms in total. The van der Waals surface area contributed by atoms with Gasteiger partial charge in [-0.05, 0) is 12.8 Å². The highest BCUT2D eigenvalue weighted by atomic mass is 19.4. The van der Waals surface area contributed by atoms with Crippen LogP contribution in [0.2, 0.25) is 0 Å². The molecular formula is C11H16F6O2. The van der Waals surface area contributed by atoms with E-state index in [9.17, 15) is 26.3 Å². The van der Waals surface area contributed by atoms with Gasteiger partial charge in [0.25, 0.3) is 0 Å². The molecule has 1 rings (SSSR count). The Balaban J connectivity index is 3.01. The third-order valence-electron chi connectivity index (χ3n) is 3.39. The number of alkyl halides is 6. The molecule has 0 amide bonds. The van der Waals surface area contributed by atoms with Crippen molar-refractivity contribution in [2.75, 3.05) is 6.61 Å². The second-order valence-corrected chi connectivity index (χ2v) is 4.62. The van der Waals surface area contributed by atoms with Crippen molar-refractivity contribution in [1.82, 2.24) is 0 Å². The molecule has 1 aliphatic rings. The van der Waals surface area contributed by atoms with Gasteiger partial charge in [0, 0.05) is 6.42 Å². The average Bonchev–Trinajstić information content (AvgIpc) is 2.47. The molecule has 2 unspecified atom stereocenters. The van der Waals surface area contributed by atoms with Crippen LogP contribution in [0.5, 0.6) is 0 Å². The summed E-state index contributed by atoms with van der Waals surface area (Å²) >= 11 is 0. The van der Waals surface area contributed by atoms with Gasteiger partial charge >= 0.3 is 12.4 Å². The normalized spacial score (nSPS) is 29.1. The molecule has 1 fully saturated rings. The van der Waals surface area contributed by atoms with Gasteiger partial charge in [-0.3, -0.25) is 0 Å². The van der Waals surface area contributed by atoms with Gasteiger partial charge in [-0.2, -0.15) is 26.3 Å². The maximum absolute atomic E-state index is 12.8. The summed E-state index contributed by atoms with van der Waals surface area (Å²) in [7, 11) is 0. The lowest BCUT2D eigenvalue weighted by Crippen LogP contribution is -2.43. The molecule has 1 saturated heterocycles. The van der Waals surface area contributed by atoms with Crippen LogP contribution in [-0.2, 0) is 9.47 Å². The summed E-state index contributed by atoms with van der Waals surface area (Å²) in [5, 5.41) is 0. The van der Waals surface area contributed by atoms with Gasteiger partial charge in [-0.15, -0.1) is 0 Å². The van der Waals surface area contributed by atoms with Crippen LogP contribution in [0.4, 0.5) is 26.3 Å². The molecule has 0 aromatic carbocycles. The predicted octanol–water partition coefficient (Wildman–Crippen LogP) is 3.84. The quantitative estimate of drug-likeness (QED) is 0.720. The van der Waals surface area contributed by atoms with Crippen LogP contribution in [0.1, 0.15) is 33.1 Å². The molecule has 1 heterocycles. The van der Waals surface area contributed by atoms with Crippen LogP contribution in [0, 0.1) is 0 Å². The molecule has 19 heavy (non-hydrogen) atoms. The molecule has 0 radical (unpaired) electrons. The molecule has 0 aromatic heterocycles. The summed E-state index contributed by atoms with van der Waals surface area (Å²) < 4.78 is 85.6. The Hall–Kier alpha value is -0.500. The van der Waals surface area contributed by atoms with Crippen molar-refractivity contribution in [1.29, 1.82) is 0 Å². The maximum Gasteiger partial charge on any atom is 0.414 e. The van der Waals surface area contributed by atoms with Crippen molar-refractivity contribution in [3.63, 3.8) is 0 Å². The number of ether oxygens (including phenoxy) is 2. The fourth-order valence-corrected chi connectivity index (χ4v) is 1.95. The van der Waals surface area contributed by atoms with Crippen molar-refractivity contribution in [3.05, 3.63) is 0 Å². The van der Waals surface area contributed by atoms with E-state index in [0.29, 0.717) is 0 Å². The summed E-state index contributed by atoms with van der Waals surface area (Å²) in [6, 6.07) is 0. The SMILES string of the molecule is CCC1(CC)COC(C(F)(F)F)CC(C(F)(F)F)O1. The van der Waals surface area contributed by atoms with Crippen molar-refractivity contribution in [2.24, 2.45) is 0 Å². The highest BCUT2D eigenvalue weighted by molar-refractivity contribution is 4.88. The van der Waals surface area contributed by atoms with Crippen molar-refractivity contribution in [3.8, 4) is 0 Å². The van der Waals surface area contributed by atoms with Gasteiger partial charge in [-0.25, -0.2) is 0 Å². The minimum atomic E-state index is -4.84. The summed E-state index contributed by atoms with van der Waals surface area (Å²) in [5.41, 5.74) is -1.32. The second-order valence-electron chi connectivity index (χ2n) is 4.62. The van der Waals surface area contributed by atoms with Crippen molar-refractivity contribution >= 4 is 0 Å². The summed E-state index contributed by atoms with van der Waals surface area (Å²) in [5.74, 6) is 0. The van der Waals surface area contributed by atoms with E-state index < -0.39 is 43.2 Å². The molecule has 0 N–H and O–H groups in total. The van der Waals surface area contributed by atoms with E-state index >= 15 is 0 Å². The van der Waals surface area contributed by atoms with Crippen LogP contribution in [-0.4, -0.2) is 36.8 Å². The zero-order valence-electron chi connectivity index (χ0n) is 10.6. The zero-order valence-corrected chi connectivity index (χ0v) is 10.6. The first kappa shape index (κ1) is 16.6. The Morgan fingerprint density at radius 3 is 1.79 bits per heavy atom. The number of rotatable bonds is 2. The fourth-order valence-electron chi connectivity index (χ4n) is 1.95. The molecule has 114 valence electrons. The molecular weight excluding hydrogens is 278 g/mol. The lowest BCUT2D eigenvalue weighted by molar-refractivity contribution is -0.256. The lowest BCUT2D eigenvalue weighted by atomic mass is 9.98. The van der Waals surface area contributed by atoms with Gasteiger partial charge in [0.2, 0.25) is 0 Å². The van der Waals surface area contributed by atoms with E-state index in [1.807, 2.05) is 0 Å². The average molecular weight is 294 g/mol. The van der Waals surface area contributed by atoms with Crippen LogP contribution < -0.4 is 0 Å². The molecule has 8 heteroatoms. The van der Waals surface area contributed by atoms with E-state index in [1.54, 1.807) is 13.8 Å².